The summed E-state index contributed by atoms with van der Waals surface area (Å²) in [7, 11) is 0. The van der Waals surface area contributed by atoms with Crippen LogP contribution in [-0.2, 0) is 6.54 Å². The molecule has 0 saturated carbocycles. The summed E-state index contributed by atoms with van der Waals surface area (Å²) >= 11 is 12.1. The third kappa shape index (κ3) is 3.08. The maximum atomic E-state index is 6.10. The quantitative estimate of drug-likeness (QED) is 0.895. The van der Waals surface area contributed by atoms with E-state index in [1.54, 1.807) is 0 Å². The number of fused-ring (bicyclic) bond motifs is 1. The molecule has 1 N–H and O–H groups in total. The van der Waals surface area contributed by atoms with E-state index in [0.717, 1.165) is 6.54 Å². The van der Waals surface area contributed by atoms with Crippen molar-refractivity contribution in [3.8, 4) is 0 Å². The fourth-order valence-electron chi connectivity index (χ4n) is 3.37. The summed E-state index contributed by atoms with van der Waals surface area (Å²) in [4.78, 5) is 2.60. The van der Waals surface area contributed by atoms with Crippen LogP contribution in [0.3, 0.4) is 0 Å². The fourth-order valence-corrected chi connectivity index (χ4v) is 3.69. The van der Waals surface area contributed by atoms with Crippen LogP contribution in [0.25, 0.3) is 0 Å². The zero-order valence-electron chi connectivity index (χ0n) is 11.0. The number of halogens is 2. The molecular formula is C15H20Cl2N2. The van der Waals surface area contributed by atoms with E-state index in [1.165, 1.54) is 44.3 Å². The third-order valence-electron chi connectivity index (χ3n) is 4.36. The highest BCUT2D eigenvalue weighted by Gasteiger charge is 2.34. The molecule has 2 fully saturated rings. The Morgan fingerprint density at radius 3 is 2.89 bits per heavy atom. The van der Waals surface area contributed by atoms with Gasteiger partial charge in [-0.15, -0.1) is 0 Å². The summed E-state index contributed by atoms with van der Waals surface area (Å²) < 4.78 is 0. The Hall–Kier alpha value is -0.280. The smallest absolute Gasteiger partial charge is 0.0595 e. The van der Waals surface area contributed by atoms with Gasteiger partial charge in [-0.2, -0.15) is 0 Å². The zero-order chi connectivity index (χ0) is 13.2. The van der Waals surface area contributed by atoms with Gasteiger partial charge in [0.15, 0.2) is 0 Å². The molecule has 0 spiro atoms. The first-order chi connectivity index (χ1) is 9.24. The molecule has 2 aliphatic rings. The third-order valence-corrected chi connectivity index (χ3v) is 5.10. The lowest BCUT2D eigenvalue weighted by molar-refractivity contribution is 0.221. The summed E-state index contributed by atoms with van der Waals surface area (Å²) in [5.74, 6) is 0. The standard InChI is InChI=1S/C15H20Cl2N2/c16-12-5-4-11(9-13(12)17)10-19-8-6-14-15(19)3-1-2-7-18-14/h4-5,9,14-15,18H,1-3,6-8,10H2/t14-,15-/m1/s1. The van der Waals surface area contributed by atoms with E-state index in [4.69, 9.17) is 23.2 Å². The van der Waals surface area contributed by atoms with Crippen molar-refractivity contribution < 1.29 is 0 Å². The van der Waals surface area contributed by atoms with Crippen LogP contribution in [0.15, 0.2) is 18.2 Å². The lowest BCUT2D eigenvalue weighted by Crippen LogP contribution is -2.40. The molecule has 0 aromatic heterocycles. The van der Waals surface area contributed by atoms with Gasteiger partial charge in [0.25, 0.3) is 0 Å². The van der Waals surface area contributed by atoms with E-state index in [9.17, 15) is 0 Å². The normalized spacial score (nSPS) is 28.1. The SMILES string of the molecule is Clc1ccc(CN2CC[C@H]3NCCCC[C@H]32)cc1Cl. The van der Waals surface area contributed by atoms with Crippen LogP contribution >= 0.6 is 23.2 Å². The van der Waals surface area contributed by atoms with Gasteiger partial charge in [-0.3, -0.25) is 4.90 Å². The van der Waals surface area contributed by atoms with Crippen molar-refractivity contribution in [1.82, 2.24) is 10.2 Å². The van der Waals surface area contributed by atoms with Crippen molar-refractivity contribution in [2.75, 3.05) is 13.1 Å². The van der Waals surface area contributed by atoms with Crippen LogP contribution in [-0.4, -0.2) is 30.1 Å². The Labute approximate surface area is 125 Å². The van der Waals surface area contributed by atoms with Crippen molar-refractivity contribution in [3.05, 3.63) is 33.8 Å². The molecule has 0 unspecified atom stereocenters. The molecule has 19 heavy (non-hydrogen) atoms. The Bertz CT molecular complexity index is 450. The molecule has 0 aliphatic carbocycles. The molecule has 3 rings (SSSR count). The van der Waals surface area contributed by atoms with Gasteiger partial charge in [0.2, 0.25) is 0 Å². The minimum Gasteiger partial charge on any atom is -0.312 e. The summed E-state index contributed by atoms with van der Waals surface area (Å²) in [6.45, 7) is 3.35. The molecule has 1 aromatic carbocycles. The summed E-state index contributed by atoms with van der Waals surface area (Å²) in [6, 6.07) is 7.37. The molecule has 2 atom stereocenters. The first-order valence-corrected chi connectivity index (χ1v) is 7.91. The molecule has 4 heteroatoms. The topological polar surface area (TPSA) is 15.3 Å². The van der Waals surface area contributed by atoms with Gasteiger partial charge in [0.05, 0.1) is 10.0 Å². The monoisotopic (exact) mass is 298 g/mol. The van der Waals surface area contributed by atoms with Crippen molar-refractivity contribution in [3.63, 3.8) is 0 Å². The molecule has 0 radical (unpaired) electrons. The molecule has 1 aromatic rings. The predicted molar refractivity (Wildman–Crippen MR) is 80.9 cm³/mol. The molecule has 0 amide bonds. The Morgan fingerprint density at radius 1 is 1.16 bits per heavy atom. The average Bonchev–Trinajstić information content (AvgIpc) is 2.63. The van der Waals surface area contributed by atoms with Crippen LogP contribution in [0, 0.1) is 0 Å². The minimum absolute atomic E-state index is 0.640. The molecular weight excluding hydrogens is 279 g/mol. The lowest BCUT2D eigenvalue weighted by atomic mass is 10.0. The minimum atomic E-state index is 0.640. The highest BCUT2D eigenvalue weighted by molar-refractivity contribution is 6.42. The van der Waals surface area contributed by atoms with E-state index in [2.05, 4.69) is 16.3 Å². The second-order valence-electron chi connectivity index (χ2n) is 5.63. The second-order valence-corrected chi connectivity index (χ2v) is 6.45. The summed E-state index contributed by atoms with van der Waals surface area (Å²) in [5, 5.41) is 4.99. The maximum Gasteiger partial charge on any atom is 0.0595 e. The highest BCUT2D eigenvalue weighted by atomic mass is 35.5. The number of hydrogen-bond donors (Lipinski definition) is 1. The van der Waals surface area contributed by atoms with Gasteiger partial charge in [-0.1, -0.05) is 35.7 Å². The summed E-state index contributed by atoms with van der Waals surface area (Å²) in [6.07, 6.45) is 5.24. The highest BCUT2D eigenvalue weighted by Crippen LogP contribution is 2.28. The zero-order valence-corrected chi connectivity index (χ0v) is 12.6. The van der Waals surface area contributed by atoms with Gasteiger partial charge in [-0.05, 0) is 43.5 Å². The number of rotatable bonds is 2. The van der Waals surface area contributed by atoms with Crippen LogP contribution < -0.4 is 5.32 Å². The Kier molecular flexibility index (Phi) is 4.33. The number of likely N-dealkylation sites (tertiary alicyclic amines) is 1. The van der Waals surface area contributed by atoms with E-state index in [-0.39, 0.29) is 0 Å². The van der Waals surface area contributed by atoms with Crippen molar-refractivity contribution in [1.29, 1.82) is 0 Å². The molecule has 2 nitrogen and oxygen atoms in total. The first kappa shape index (κ1) is 13.7. The van der Waals surface area contributed by atoms with Crippen molar-refractivity contribution >= 4 is 23.2 Å². The van der Waals surface area contributed by atoms with Crippen LogP contribution in [0.4, 0.5) is 0 Å². The van der Waals surface area contributed by atoms with E-state index >= 15 is 0 Å². The van der Waals surface area contributed by atoms with Crippen LogP contribution in [0.1, 0.15) is 31.2 Å². The average molecular weight is 299 g/mol. The summed E-state index contributed by atoms with van der Waals surface area (Å²) in [5.41, 5.74) is 1.26. The van der Waals surface area contributed by atoms with E-state index in [0.29, 0.717) is 22.1 Å². The van der Waals surface area contributed by atoms with Gasteiger partial charge >= 0.3 is 0 Å². The Morgan fingerprint density at radius 2 is 2.05 bits per heavy atom. The van der Waals surface area contributed by atoms with Crippen LogP contribution in [0.5, 0.6) is 0 Å². The van der Waals surface area contributed by atoms with Gasteiger partial charge in [0.1, 0.15) is 0 Å². The molecule has 2 saturated heterocycles. The van der Waals surface area contributed by atoms with Gasteiger partial charge in [-0.25, -0.2) is 0 Å². The van der Waals surface area contributed by atoms with E-state index in [1.807, 2.05) is 12.1 Å². The number of benzene rings is 1. The number of nitrogens with one attached hydrogen (secondary N) is 1. The van der Waals surface area contributed by atoms with Gasteiger partial charge < -0.3 is 5.32 Å². The second kappa shape index (κ2) is 6.01. The fraction of sp³-hybridized carbons (Fsp3) is 0.600. The van der Waals surface area contributed by atoms with Crippen molar-refractivity contribution in [2.24, 2.45) is 0 Å². The maximum absolute atomic E-state index is 6.10. The van der Waals surface area contributed by atoms with Crippen LogP contribution in [0.2, 0.25) is 10.0 Å². The lowest BCUT2D eigenvalue weighted by Gasteiger charge is -2.27. The largest absolute Gasteiger partial charge is 0.312 e. The molecule has 0 bridgehead atoms. The number of nitrogens with zero attached hydrogens (tertiary/aromatic N) is 1. The van der Waals surface area contributed by atoms with E-state index < -0.39 is 0 Å². The molecule has 104 valence electrons. The van der Waals surface area contributed by atoms with Crippen molar-refractivity contribution in [2.45, 2.75) is 44.3 Å². The predicted octanol–water partition coefficient (Wildman–Crippen LogP) is 3.71. The molecule has 2 heterocycles. The Balaban J connectivity index is 1.70. The molecule has 2 aliphatic heterocycles. The first-order valence-electron chi connectivity index (χ1n) is 7.15. The van der Waals surface area contributed by atoms with Gasteiger partial charge in [0, 0.05) is 25.2 Å². The number of hydrogen-bond acceptors (Lipinski definition) is 2.